The molecule has 21 heavy (non-hydrogen) atoms. The highest BCUT2D eigenvalue weighted by molar-refractivity contribution is 9.10. The van der Waals surface area contributed by atoms with Gasteiger partial charge in [-0.2, -0.15) is 0 Å². The fraction of sp³-hybridized carbons (Fsp3) is 0.200. The average Bonchev–Trinajstić information content (AvgIpc) is 2.47. The lowest BCUT2D eigenvalue weighted by Gasteiger charge is -2.20. The highest BCUT2D eigenvalue weighted by Gasteiger charge is 2.15. The number of ether oxygens (including phenoxy) is 1. The summed E-state index contributed by atoms with van der Waals surface area (Å²) in [6.45, 7) is 0.193. The van der Waals surface area contributed by atoms with E-state index in [1.165, 1.54) is 25.3 Å². The standard InChI is InChI=1S/C15H15BrF2N2O/c1-21-15-7-10(3-5-12(15)17)20-14(8-19)11-4-2-9(16)6-13(11)18/h2-7,14,20H,8,19H2,1H3. The van der Waals surface area contributed by atoms with E-state index in [1.54, 1.807) is 18.2 Å². The Morgan fingerprint density at radius 3 is 2.57 bits per heavy atom. The molecule has 3 N–H and O–H groups in total. The molecule has 0 aliphatic carbocycles. The number of hydrogen-bond acceptors (Lipinski definition) is 3. The van der Waals surface area contributed by atoms with Crippen molar-refractivity contribution in [3.05, 3.63) is 58.1 Å². The van der Waals surface area contributed by atoms with Gasteiger partial charge >= 0.3 is 0 Å². The minimum Gasteiger partial charge on any atom is -0.494 e. The Morgan fingerprint density at radius 1 is 1.19 bits per heavy atom. The van der Waals surface area contributed by atoms with Gasteiger partial charge in [0.25, 0.3) is 0 Å². The van der Waals surface area contributed by atoms with Crippen LogP contribution in [0.4, 0.5) is 14.5 Å². The topological polar surface area (TPSA) is 47.3 Å². The highest BCUT2D eigenvalue weighted by atomic mass is 79.9. The number of rotatable bonds is 5. The number of anilines is 1. The van der Waals surface area contributed by atoms with Gasteiger partial charge in [0.05, 0.1) is 13.2 Å². The van der Waals surface area contributed by atoms with Gasteiger partial charge in [-0.3, -0.25) is 0 Å². The molecule has 0 bridgehead atoms. The number of nitrogens with one attached hydrogen (secondary N) is 1. The molecule has 1 atom stereocenters. The Morgan fingerprint density at radius 2 is 1.95 bits per heavy atom. The Kier molecular flexibility index (Phi) is 5.14. The van der Waals surface area contributed by atoms with E-state index in [1.807, 2.05) is 0 Å². The van der Waals surface area contributed by atoms with Gasteiger partial charge in [0, 0.05) is 28.3 Å². The van der Waals surface area contributed by atoms with Crippen molar-refractivity contribution >= 4 is 21.6 Å². The second-order valence-electron chi connectivity index (χ2n) is 4.45. The summed E-state index contributed by atoms with van der Waals surface area (Å²) in [5.41, 5.74) is 6.76. The molecule has 2 aromatic carbocycles. The summed E-state index contributed by atoms with van der Waals surface area (Å²) in [6.07, 6.45) is 0. The van der Waals surface area contributed by atoms with Gasteiger partial charge in [0.2, 0.25) is 0 Å². The lowest BCUT2D eigenvalue weighted by Crippen LogP contribution is -2.21. The summed E-state index contributed by atoms with van der Waals surface area (Å²) in [6, 6.07) is 8.70. The van der Waals surface area contributed by atoms with Gasteiger partial charge in [0.15, 0.2) is 11.6 Å². The summed E-state index contributed by atoms with van der Waals surface area (Å²) < 4.78 is 32.9. The van der Waals surface area contributed by atoms with Crippen LogP contribution >= 0.6 is 15.9 Å². The van der Waals surface area contributed by atoms with Crippen molar-refractivity contribution in [1.29, 1.82) is 0 Å². The van der Waals surface area contributed by atoms with Gasteiger partial charge in [-0.15, -0.1) is 0 Å². The molecule has 0 aromatic heterocycles. The van der Waals surface area contributed by atoms with Crippen LogP contribution in [0, 0.1) is 11.6 Å². The second-order valence-corrected chi connectivity index (χ2v) is 5.36. The molecule has 0 aliphatic heterocycles. The lowest BCUT2D eigenvalue weighted by molar-refractivity contribution is 0.386. The number of hydrogen-bond donors (Lipinski definition) is 2. The maximum absolute atomic E-state index is 14.0. The van der Waals surface area contributed by atoms with E-state index in [0.717, 1.165) is 0 Å². The third-order valence-electron chi connectivity index (χ3n) is 3.07. The first-order valence-electron chi connectivity index (χ1n) is 6.30. The van der Waals surface area contributed by atoms with Crippen molar-refractivity contribution in [1.82, 2.24) is 0 Å². The van der Waals surface area contributed by atoms with Crippen LogP contribution in [0.3, 0.4) is 0 Å². The quantitative estimate of drug-likeness (QED) is 0.855. The summed E-state index contributed by atoms with van der Waals surface area (Å²) in [7, 11) is 1.39. The van der Waals surface area contributed by atoms with Crippen molar-refractivity contribution in [3.63, 3.8) is 0 Å². The molecular weight excluding hydrogens is 342 g/mol. The monoisotopic (exact) mass is 356 g/mol. The molecule has 0 fully saturated rings. The normalized spacial score (nSPS) is 12.0. The molecule has 0 heterocycles. The molecule has 0 spiro atoms. The first-order chi connectivity index (χ1) is 10.0. The molecule has 0 amide bonds. The van der Waals surface area contributed by atoms with Crippen LogP contribution in [0.1, 0.15) is 11.6 Å². The highest BCUT2D eigenvalue weighted by Crippen LogP contribution is 2.27. The zero-order valence-corrected chi connectivity index (χ0v) is 13.0. The third-order valence-corrected chi connectivity index (χ3v) is 3.56. The van der Waals surface area contributed by atoms with Gasteiger partial charge in [0.1, 0.15) is 5.82 Å². The van der Waals surface area contributed by atoms with Crippen molar-refractivity contribution in [2.75, 3.05) is 19.0 Å². The van der Waals surface area contributed by atoms with Gasteiger partial charge in [-0.25, -0.2) is 8.78 Å². The first-order valence-corrected chi connectivity index (χ1v) is 7.09. The van der Waals surface area contributed by atoms with Crippen molar-refractivity contribution in [3.8, 4) is 5.75 Å². The molecule has 0 aliphatic rings. The third kappa shape index (κ3) is 3.71. The maximum Gasteiger partial charge on any atom is 0.165 e. The van der Waals surface area contributed by atoms with Crippen LogP contribution in [-0.2, 0) is 0 Å². The summed E-state index contributed by atoms with van der Waals surface area (Å²) >= 11 is 3.21. The zero-order valence-electron chi connectivity index (χ0n) is 11.4. The summed E-state index contributed by atoms with van der Waals surface area (Å²) in [4.78, 5) is 0. The van der Waals surface area contributed by atoms with Crippen molar-refractivity contribution in [2.45, 2.75) is 6.04 Å². The van der Waals surface area contributed by atoms with Crippen LogP contribution in [0.25, 0.3) is 0 Å². The van der Waals surface area contributed by atoms with Crippen LogP contribution in [0.15, 0.2) is 40.9 Å². The predicted molar refractivity (Wildman–Crippen MR) is 82.5 cm³/mol. The Labute approximate surface area is 130 Å². The molecule has 2 rings (SSSR count). The largest absolute Gasteiger partial charge is 0.494 e. The first kappa shape index (κ1) is 15.7. The van der Waals surface area contributed by atoms with Crippen LogP contribution in [0.2, 0.25) is 0 Å². The SMILES string of the molecule is COc1cc(NC(CN)c2ccc(Br)cc2F)ccc1F. The predicted octanol–water partition coefficient (Wildman–Crippen LogP) is 3.85. The number of benzene rings is 2. The molecular formula is C15H15BrF2N2O. The van der Waals surface area contributed by atoms with E-state index in [-0.39, 0.29) is 18.1 Å². The van der Waals surface area contributed by atoms with E-state index < -0.39 is 11.9 Å². The molecule has 0 saturated carbocycles. The van der Waals surface area contributed by atoms with Crippen LogP contribution < -0.4 is 15.8 Å². The Bertz CT molecular complexity index is 637. The molecule has 3 nitrogen and oxygen atoms in total. The van der Waals surface area contributed by atoms with Crippen LogP contribution in [-0.4, -0.2) is 13.7 Å². The van der Waals surface area contributed by atoms with Crippen molar-refractivity contribution in [2.24, 2.45) is 5.73 Å². The molecule has 2 aromatic rings. The number of methoxy groups -OCH3 is 1. The summed E-state index contributed by atoms with van der Waals surface area (Å²) in [5.74, 6) is -0.698. The smallest absolute Gasteiger partial charge is 0.165 e. The van der Waals surface area contributed by atoms with E-state index in [2.05, 4.69) is 21.2 Å². The second kappa shape index (κ2) is 6.87. The molecule has 112 valence electrons. The van der Waals surface area contributed by atoms with Gasteiger partial charge in [-0.05, 0) is 24.3 Å². The fourth-order valence-electron chi connectivity index (χ4n) is 2.00. The Balaban J connectivity index is 2.26. The maximum atomic E-state index is 14.0. The number of nitrogens with two attached hydrogens (primary N) is 1. The molecule has 1 unspecified atom stereocenters. The number of halogens is 3. The van der Waals surface area contributed by atoms with Gasteiger partial charge < -0.3 is 15.8 Å². The van der Waals surface area contributed by atoms with Crippen molar-refractivity contribution < 1.29 is 13.5 Å². The molecule has 0 radical (unpaired) electrons. The molecule has 6 heteroatoms. The van der Waals surface area contributed by atoms with Gasteiger partial charge in [-0.1, -0.05) is 22.0 Å². The summed E-state index contributed by atoms with van der Waals surface area (Å²) in [5, 5.41) is 3.08. The van der Waals surface area contributed by atoms with E-state index in [4.69, 9.17) is 10.5 Å². The Hall–Kier alpha value is -1.66. The minimum absolute atomic E-state index is 0.118. The minimum atomic E-state index is -0.456. The molecule has 0 saturated heterocycles. The van der Waals surface area contributed by atoms with E-state index in [9.17, 15) is 8.78 Å². The van der Waals surface area contributed by atoms with E-state index in [0.29, 0.717) is 15.7 Å². The zero-order chi connectivity index (χ0) is 15.4. The fourth-order valence-corrected chi connectivity index (χ4v) is 2.33. The van der Waals surface area contributed by atoms with Crippen LogP contribution in [0.5, 0.6) is 5.75 Å². The van der Waals surface area contributed by atoms with E-state index >= 15 is 0 Å². The lowest BCUT2D eigenvalue weighted by atomic mass is 10.1. The average molecular weight is 357 g/mol.